The molecule has 2 amide bonds. The topological polar surface area (TPSA) is 93.5 Å². The standard InChI is InChI=1S/C15H20F3N3O3/c1-9(2)13(19)14(23)21-8-12(22)20-7-10-3-5-11(6-4-10)24-15(16,17)18/h3-6,9,13H,7-8,19H2,1-2H3,(H,20,22)(H,21,23)/t13-/m0/s1. The quantitative estimate of drug-likeness (QED) is 0.693. The normalized spacial score (nSPS) is 12.6. The number of amides is 2. The summed E-state index contributed by atoms with van der Waals surface area (Å²) in [6, 6.07) is 4.40. The Hall–Kier alpha value is -2.29. The Labute approximate surface area is 137 Å². The highest BCUT2D eigenvalue weighted by atomic mass is 19.4. The molecule has 134 valence electrons. The molecule has 0 fully saturated rings. The zero-order chi connectivity index (χ0) is 18.3. The van der Waals surface area contributed by atoms with Crippen LogP contribution in [0.4, 0.5) is 13.2 Å². The van der Waals surface area contributed by atoms with E-state index < -0.39 is 24.2 Å². The second-order valence-corrected chi connectivity index (χ2v) is 5.46. The average Bonchev–Trinajstić information content (AvgIpc) is 2.49. The maximum absolute atomic E-state index is 12.0. The lowest BCUT2D eigenvalue weighted by atomic mass is 10.1. The number of ether oxygens (including phenoxy) is 1. The van der Waals surface area contributed by atoms with E-state index in [-0.39, 0.29) is 24.8 Å². The Kier molecular flexibility index (Phi) is 7.02. The third-order valence-electron chi connectivity index (χ3n) is 3.09. The van der Waals surface area contributed by atoms with Crippen molar-refractivity contribution < 1.29 is 27.5 Å². The second-order valence-electron chi connectivity index (χ2n) is 5.46. The Morgan fingerprint density at radius 1 is 1.17 bits per heavy atom. The van der Waals surface area contributed by atoms with Gasteiger partial charge >= 0.3 is 6.36 Å². The number of hydrogen-bond donors (Lipinski definition) is 3. The number of alkyl halides is 3. The molecule has 0 bridgehead atoms. The van der Waals surface area contributed by atoms with Gasteiger partial charge in [-0.05, 0) is 23.6 Å². The van der Waals surface area contributed by atoms with Crippen molar-refractivity contribution in [1.29, 1.82) is 0 Å². The predicted octanol–water partition coefficient (Wildman–Crippen LogP) is 1.30. The molecule has 4 N–H and O–H groups in total. The summed E-state index contributed by atoms with van der Waals surface area (Å²) in [6.45, 7) is 3.46. The number of benzene rings is 1. The summed E-state index contributed by atoms with van der Waals surface area (Å²) in [6.07, 6.45) is -4.75. The maximum Gasteiger partial charge on any atom is 0.573 e. The molecule has 6 nitrogen and oxygen atoms in total. The van der Waals surface area contributed by atoms with E-state index in [9.17, 15) is 22.8 Å². The molecular weight excluding hydrogens is 327 g/mol. The zero-order valence-corrected chi connectivity index (χ0v) is 13.3. The van der Waals surface area contributed by atoms with Crippen LogP contribution >= 0.6 is 0 Å². The number of hydrogen-bond acceptors (Lipinski definition) is 4. The highest BCUT2D eigenvalue weighted by molar-refractivity contribution is 5.87. The van der Waals surface area contributed by atoms with E-state index in [1.807, 2.05) is 0 Å². The van der Waals surface area contributed by atoms with Crippen LogP contribution in [0.25, 0.3) is 0 Å². The molecule has 0 saturated heterocycles. The lowest BCUT2D eigenvalue weighted by Crippen LogP contribution is -2.47. The summed E-state index contributed by atoms with van der Waals surface area (Å²) in [7, 11) is 0. The largest absolute Gasteiger partial charge is 0.573 e. The fourth-order valence-electron chi connectivity index (χ4n) is 1.66. The monoisotopic (exact) mass is 347 g/mol. The lowest BCUT2D eigenvalue weighted by molar-refractivity contribution is -0.274. The molecule has 0 saturated carbocycles. The second kappa shape index (κ2) is 8.53. The number of nitrogens with one attached hydrogen (secondary N) is 2. The number of carbonyl (C=O) groups is 2. The highest BCUT2D eigenvalue weighted by Gasteiger charge is 2.30. The van der Waals surface area contributed by atoms with Crippen LogP contribution < -0.4 is 21.1 Å². The molecule has 0 aliphatic rings. The summed E-state index contributed by atoms with van der Waals surface area (Å²) in [5.41, 5.74) is 6.22. The molecule has 1 aromatic carbocycles. The van der Waals surface area contributed by atoms with E-state index in [2.05, 4.69) is 15.4 Å². The van der Waals surface area contributed by atoms with Crippen LogP contribution in [0.5, 0.6) is 5.75 Å². The molecule has 1 rings (SSSR count). The average molecular weight is 347 g/mol. The van der Waals surface area contributed by atoms with Crippen molar-refractivity contribution in [2.24, 2.45) is 11.7 Å². The van der Waals surface area contributed by atoms with Crippen molar-refractivity contribution in [3.05, 3.63) is 29.8 Å². The minimum absolute atomic E-state index is 0.0505. The number of rotatable bonds is 7. The first kappa shape index (κ1) is 19.8. The molecule has 1 aromatic rings. The van der Waals surface area contributed by atoms with Gasteiger partial charge in [-0.2, -0.15) is 0 Å². The van der Waals surface area contributed by atoms with Gasteiger partial charge in [0.25, 0.3) is 0 Å². The van der Waals surface area contributed by atoms with Gasteiger partial charge in [0.2, 0.25) is 11.8 Å². The Morgan fingerprint density at radius 2 is 1.75 bits per heavy atom. The van der Waals surface area contributed by atoms with E-state index in [0.717, 1.165) is 12.1 Å². The SMILES string of the molecule is CC(C)[C@H](N)C(=O)NCC(=O)NCc1ccc(OC(F)(F)F)cc1. The van der Waals surface area contributed by atoms with Gasteiger partial charge in [0.1, 0.15) is 5.75 Å². The Morgan fingerprint density at radius 3 is 2.25 bits per heavy atom. The van der Waals surface area contributed by atoms with E-state index in [1.165, 1.54) is 12.1 Å². The highest BCUT2D eigenvalue weighted by Crippen LogP contribution is 2.22. The van der Waals surface area contributed by atoms with Gasteiger partial charge in [-0.25, -0.2) is 0 Å². The minimum Gasteiger partial charge on any atom is -0.406 e. The van der Waals surface area contributed by atoms with Crippen molar-refractivity contribution in [2.45, 2.75) is 32.8 Å². The maximum atomic E-state index is 12.0. The van der Waals surface area contributed by atoms with Crippen molar-refractivity contribution >= 4 is 11.8 Å². The summed E-state index contributed by atoms with van der Waals surface area (Å²) in [5, 5.41) is 4.95. The molecule has 24 heavy (non-hydrogen) atoms. The van der Waals surface area contributed by atoms with Gasteiger partial charge in [0.05, 0.1) is 12.6 Å². The van der Waals surface area contributed by atoms with Crippen LogP contribution in [-0.4, -0.2) is 30.8 Å². The van der Waals surface area contributed by atoms with Crippen molar-refractivity contribution in [3.8, 4) is 5.75 Å². The van der Waals surface area contributed by atoms with Gasteiger partial charge in [0, 0.05) is 6.54 Å². The predicted molar refractivity (Wildman–Crippen MR) is 80.8 cm³/mol. The van der Waals surface area contributed by atoms with Crippen LogP contribution in [0.1, 0.15) is 19.4 Å². The van der Waals surface area contributed by atoms with Gasteiger partial charge in [-0.1, -0.05) is 26.0 Å². The van der Waals surface area contributed by atoms with Crippen LogP contribution in [0, 0.1) is 5.92 Å². The Balaban J connectivity index is 2.38. The minimum atomic E-state index is -4.75. The molecule has 0 aliphatic heterocycles. The molecule has 0 aromatic heterocycles. The van der Waals surface area contributed by atoms with Gasteiger partial charge < -0.3 is 21.1 Å². The van der Waals surface area contributed by atoms with Crippen LogP contribution in [0.15, 0.2) is 24.3 Å². The van der Waals surface area contributed by atoms with Crippen molar-refractivity contribution in [1.82, 2.24) is 10.6 Å². The number of halogens is 3. The molecule has 1 atom stereocenters. The van der Waals surface area contributed by atoms with Gasteiger partial charge in [0.15, 0.2) is 0 Å². The molecular formula is C15H20F3N3O3. The molecule has 0 aliphatic carbocycles. The summed E-state index contributed by atoms with van der Waals surface area (Å²) in [4.78, 5) is 23.2. The van der Waals surface area contributed by atoms with Crippen molar-refractivity contribution in [2.75, 3.05) is 6.54 Å². The number of nitrogens with two attached hydrogens (primary N) is 1. The summed E-state index contributed by atoms with van der Waals surface area (Å²) in [5.74, 6) is -1.25. The molecule has 0 radical (unpaired) electrons. The van der Waals surface area contributed by atoms with Gasteiger partial charge in [-0.3, -0.25) is 9.59 Å². The van der Waals surface area contributed by atoms with E-state index in [1.54, 1.807) is 13.8 Å². The van der Waals surface area contributed by atoms with Crippen LogP contribution in [-0.2, 0) is 16.1 Å². The summed E-state index contributed by atoms with van der Waals surface area (Å²) < 4.78 is 39.8. The van der Waals surface area contributed by atoms with Crippen molar-refractivity contribution in [3.63, 3.8) is 0 Å². The fraction of sp³-hybridized carbons (Fsp3) is 0.467. The number of carbonyl (C=O) groups excluding carboxylic acids is 2. The third-order valence-corrected chi connectivity index (χ3v) is 3.09. The molecule has 0 heterocycles. The zero-order valence-electron chi connectivity index (χ0n) is 13.3. The molecule has 0 unspecified atom stereocenters. The first-order valence-corrected chi connectivity index (χ1v) is 7.23. The smallest absolute Gasteiger partial charge is 0.406 e. The van der Waals surface area contributed by atoms with E-state index >= 15 is 0 Å². The molecule has 9 heteroatoms. The third kappa shape index (κ3) is 7.32. The first-order valence-electron chi connectivity index (χ1n) is 7.23. The summed E-state index contributed by atoms with van der Waals surface area (Å²) >= 11 is 0. The van der Waals surface area contributed by atoms with E-state index in [4.69, 9.17) is 5.73 Å². The Bertz CT molecular complexity index is 559. The lowest BCUT2D eigenvalue weighted by Gasteiger charge is -2.15. The van der Waals surface area contributed by atoms with Crippen LogP contribution in [0.2, 0.25) is 0 Å². The fourth-order valence-corrected chi connectivity index (χ4v) is 1.66. The van der Waals surface area contributed by atoms with Gasteiger partial charge in [-0.15, -0.1) is 13.2 Å². The van der Waals surface area contributed by atoms with E-state index in [0.29, 0.717) is 5.56 Å². The van der Waals surface area contributed by atoms with Crippen LogP contribution in [0.3, 0.4) is 0 Å². The molecule has 0 spiro atoms. The first-order chi connectivity index (χ1) is 11.1.